The maximum atomic E-state index is 12.3. The van der Waals surface area contributed by atoms with Gasteiger partial charge in [0.25, 0.3) is 5.91 Å². The molecule has 4 aromatic rings. The Morgan fingerprint density at radius 3 is 2.72 bits per heavy atom. The fourth-order valence-corrected chi connectivity index (χ4v) is 2.79. The molecular weight excluding hydrogens is 314 g/mol. The summed E-state index contributed by atoms with van der Waals surface area (Å²) < 4.78 is 0. The molecule has 4 rings (SSSR count). The molecule has 6 heteroatoms. The smallest absolute Gasteiger partial charge is 0.251 e. The largest absolute Gasteiger partial charge is 0.352 e. The van der Waals surface area contributed by atoms with Crippen LogP contribution in [-0.4, -0.2) is 32.4 Å². The molecule has 0 unspecified atom stereocenters. The number of H-pyrrole nitrogens is 1. The third-order valence-electron chi connectivity index (χ3n) is 4.05. The van der Waals surface area contributed by atoms with Crippen LogP contribution >= 0.6 is 0 Å². The van der Waals surface area contributed by atoms with Gasteiger partial charge in [-0.3, -0.25) is 14.8 Å². The Labute approximate surface area is 144 Å². The molecule has 6 nitrogen and oxygen atoms in total. The Kier molecular flexibility index (Phi) is 4.08. The molecule has 1 amide bonds. The third-order valence-corrected chi connectivity index (χ3v) is 4.05. The number of aromatic amines is 1. The van der Waals surface area contributed by atoms with Crippen LogP contribution in [0.3, 0.4) is 0 Å². The molecule has 0 aliphatic carbocycles. The van der Waals surface area contributed by atoms with Gasteiger partial charge in [0.1, 0.15) is 5.82 Å². The number of carbonyl (C=O) groups is 1. The lowest BCUT2D eigenvalue weighted by atomic mass is 10.2. The van der Waals surface area contributed by atoms with Crippen molar-refractivity contribution in [3.63, 3.8) is 0 Å². The van der Waals surface area contributed by atoms with Crippen LogP contribution in [0.15, 0.2) is 54.9 Å². The van der Waals surface area contributed by atoms with Crippen LogP contribution in [0, 0.1) is 0 Å². The first-order chi connectivity index (χ1) is 12.3. The molecular formula is C19H17N5O. The first-order valence-electron chi connectivity index (χ1n) is 8.22. The van der Waals surface area contributed by atoms with Crippen molar-refractivity contribution < 1.29 is 4.79 Å². The number of hydrogen-bond donors (Lipinski definition) is 2. The SMILES string of the molecule is O=C(NCCCc1nc2ccccc2[nH]1)c1ccc2nccnc2c1. The van der Waals surface area contributed by atoms with Crippen LogP contribution in [0.1, 0.15) is 22.6 Å². The van der Waals surface area contributed by atoms with Crippen molar-refractivity contribution in [1.82, 2.24) is 25.3 Å². The number of rotatable bonds is 5. The second-order valence-corrected chi connectivity index (χ2v) is 5.82. The van der Waals surface area contributed by atoms with Crippen LogP contribution in [0.25, 0.3) is 22.1 Å². The van der Waals surface area contributed by atoms with Gasteiger partial charge in [-0.2, -0.15) is 0 Å². The molecule has 2 heterocycles. The fourth-order valence-electron chi connectivity index (χ4n) is 2.79. The number of benzene rings is 2. The highest BCUT2D eigenvalue weighted by atomic mass is 16.1. The van der Waals surface area contributed by atoms with E-state index in [4.69, 9.17) is 0 Å². The number of nitrogens with one attached hydrogen (secondary N) is 2. The minimum absolute atomic E-state index is 0.0999. The monoisotopic (exact) mass is 331 g/mol. The van der Waals surface area contributed by atoms with Gasteiger partial charge in [-0.15, -0.1) is 0 Å². The highest BCUT2D eigenvalue weighted by Gasteiger charge is 2.07. The molecule has 0 aliphatic heterocycles. The zero-order chi connectivity index (χ0) is 17.1. The molecule has 0 bridgehead atoms. The van der Waals surface area contributed by atoms with E-state index in [0.29, 0.717) is 12.1 Å². The van der Waals surface area contributed by atoms with Gasteiger partial charge >= 0.3 is 0 Å². The lowest BCUT2D eigenvalue weighted by Crippen LogP contribution is -2.24. The second kappa shape index (κ2) is 6.68. The Morgan fingerprint density at radius 1 is 1.00 bits per heavy atom. The van der Waals surface area contributed by atoms with Gasteiger partial charge in [0.15, 0.2) is 0 Å². The molecule has 124 valence electrons. The van der Waals surface area contributed by atoms with E-state index in [1.54, 1.807) is 24.5 Å². The second-order valence-electron chi connectivity index (χ2n) is 5.82. The summed E-state index contributed by atoms with van der Waals surface area (Å²) in [7, 11) is 0. The molecule has 0 saturated carbocycles. The van der Waals surface area contributed by atoms with Gasteiger partial charge in [0, 0.05) is 30.9 Å². The normalized spacial score (nSPS) is 11.0. The van der Waals surface area contributed by atoms with E-state index in [0.717, 1.165) is 40.7 Å². The number of nitrogens with zero attached hydrogens (tertiary/aromatic N) is 3. The van der Waals surface area contributed by atoms with Gasteiger partial charge in [0.05, 0.1) is 22.1 Å². The van der Waals surface area contributed by atoms with Crippen molar-refractivity contribution in [2.24, 2.45) is 0 Å². The van der Waals surface area contributed by atoms with E-state index in [9.17, 15) is 4.79 Å². The van der Waals surface area contributed by atoms with E-state index < -0.39 is 0 Å². The van der Waals surface area contributed by atoms with E-state index in [-0.39, 0.29) is 5.91 Å². The summed E-state index contributed by atoms with van der Waals surface area (Å²) in [5, 5.41) is 2.94. The zero-order valence-corrected chi connectivity index (χ0v) is 13.6. The number of fused-ring (bicyclic) bond motifs is 2. The van der Waals surface area contributed by atoms with Gasteiger partial charge in [-0.25, -0.2) is 4.98 Å². The minimum atomic E-state index is -0.0999. The quantitative estimate of drug-likeness (QED) is 0.551. The average Bonchev–Trinajstić information content (AvgIpc) is 3.07. The van der Waals surface area contributed by atoms with Crippen molar-refractivity contribution >= 4 is 28.0 Å². The summed E-state index contributed by atoms with van der Waals surface area (Å²) in [4.78, 5) is 28.5. The summed E-state index contributed by atoms with van der Waals surface area (Å²) in [6, 6.07) is 13.3. The third kappa shape index (κ3) is 3.33. The molecule has 2 aromatic carbocycles. The average molecular weight is 331 g/mol. The summed E-state index contributed by atoms with van der Waals surface area (Å²) in [5.74, 6) is 0.841. The van der Waals surface area contributed by atoms with E-state index in [2.05, 4.69) is 25.3 Å². The Bertz CT molecular complexity index is 1010. The first-order valence-corrected chi connectivity index (χ1v) is 8.22. The molecule has 25 heavy (non-hydrogen) atoms. The highest BCUT2D eigenvalue weighted by Crippen LogP contribution is 2.12. The Morgan fingerprint density at radius 2 is 1.84 bits per heavy atom. The standard InChI is InChI=1S/C19H17N5O/c25-19(13-7-8-14-17(12-13)21-11-10-20-14)22-9-3-6-18-23-15-4-1-2-5-16(15)24-18/h1-2,4-5,7-8,10-12H,3,6,9H2,(H,22,25)(H,23,24). The summed E-state index contributed by atoms with van der Waals surface area (Å²) in [6.07, 6.45) is 4.87. The van der Waals surface area contributed by atoms with E-state index in [1.807, 2.05) is 30.3 Å². The number of aromatic nitrogens is 4. The highest BCUT2D eigenvalue weighted by molar-refractivity contribution is 5.97. The minimum Gasteiger partial charge on any atom is -0.352 e. The molecule has 0 spiro atoms. The van der Waals surface area contributed by atoms with Gasteiger partial charge < -0.3 is 10.3 Å². The predicted molar refractivity (Wildman–Crippen MR) is 96.3 cm³/mol. The Hall–Kier alpha value is -3.28. The summed E-state index contributed by atoms with van der Waals surface area (Å²) in [6.45, 7) is 0.592. The molecule has 0 radical (unpaired) electrons. The molecule has 0 saturated heterocycles. The van der Waals surface area contributed by atoms with Crippen LogP contribution in [-0.2, 0) is 6.42 Å². The number of hydrogen-bond acceptors (Lipinski definition) is 4. The number of amides is 1. The van der Waals surface area contributed by atoms with E-state index >= 15 is 0 Å². The van der Waals surface area contributed by atoms with Gasteiger partial charge in [0.2, 0.25) is 0 Å². The van der Waals surface area contributed by atoms with Crippen molar-refractivity contribution in [3.8, 4) is 0 Å². The van der Waals surface area contributed by atoms with Crippen molar-refractivity contribution in [2.75, 3.05) is 6.54 Å². The molecule has 0 fully saturated rings. The summed E-state index contributed by atoms with van der Waals surface area (Å²) in [5.41, 5.74) is 4.11. The predicted octanol–water partition coefficient (Wildman–Crippen LogP) is 2.87. The molecule has 0 aliphatic rings. The lowest BCUT2D eigenvalue weighted by Gasteiger charge is -2.05. The van der Waals surface area contributed by atoms with Gasteiger partial charge in [-0.1, -0.05) is 12.1 Å². The van der Waals surface area contributed by atoms with Crippen molar-refractivity contribution in [1.29, 1.82) is 0 Å². The maximum Gasteiger partial charge on any atom is 0.251 e. The molecule has 2 N–H and O–H groups in total. The first kappa shape index (κ1) is 15.3. The zero-order valence-electron chi connectivity index (χ0n) is 13.6. The number of para-hydroxylation sites is 2. The lowest BCUT2D eigenvalue weighted by molar-refractivity contribution is 0.0953. The number of carbonyl (C=O) groups excluding carboxylic acids is 1. The van der Waals surface area contributed by atoms with Crippen LogP contribution in [0.2, 0.25) is 0 Å². The van der Waals surface area contributed by atoms with Crippen molar-refractivity contribution in [2.45, 2.75) is 12.8 Å². The van der Waals surface area contributed by atoms with Crippen molar-refractivity contribution in [3.05, 3.63) is 66.2 Å². The maximum absolute atomic E-state index is 12.3. The van der Waals surface area contributed by atoms with Gasteiger partial charge in [-0.05, 0) is 36.8 Å². The number of imidazole rings is 1. The molecule has 0 atom stereocenters. The van der Waals surface area contributed by atoms with Crippen LogP contribution < -0.4 is 5.32 Å². The molecule has 2 aromatic heterocycles. The van der Waals surface area contributed by atoms with Crippen LogP contribution in [0.4, 0.5) is 0 Å². The number of aryl methyl sites for hydroxylation is 1. The van der Waals surface area contributed by atoms with E-state index in [1.165, 1.54) is 0 Å². The topological polar surface area (TPSA) is 83.6 Å². The van der Waals surface area contributed by atoms with Crippen LogP contribution in [0.5, 0.6) is 0 Å². The summed E-state index contributed by atoms with van der Waals surface area (Å²) >= 11 is 0. The Balaban J connectivity index is 1.33. The fraction of sp³-hybridized carbons (Fsp3) is 0.158.